The van der Waals surface area contributed by atoms with Gasteiger partial charge < -0.3 is 9.62 Å². The number of rotatable bonds is 1. The van der Waals surface area contributed by atoms with Crippen LogP contribution in [0.25, 0.3) is 11.0 Å². The molecule has 1 aromatic carbocycles. The van der Waals surface area contributed by atoms with E-state index < -0.39 is 0 Å². The van der Waals surface area contributed by atoms with Gasteiger partial charge in [0, 0.05) is 9.86 Å². The molecule has 3 nitrogen and oxygen atoms in total. The number of hydrogen-bond acceptors (Lipinski definition) is 3. The van der Waals surface area contributed by atoms with Crippen LogP contribution < -0.4 is 0 Å². The van der Waals surface area contributed by atoms with Crippen molar-refractivity contribution >= 4 is 33.1 Å². The molecule has 66 valence electrons. The summed E-state index contributed by atoms with van der Waals surface area (Å²) >= 11 is 3.36. The molecular weight excluding hydrogens is 234 g/mol. The summed E-state index contributed by atoms with van der Waals surface area (Å²) in [5, 5.41) is 12.2. The normalized spacial score (nSPS) is 11.5. The zero-order valence-electron chi connectivity index (χ0n) is 6.57. The fraction of sp³-hybridized carbons (Fsp3) is 0. The van der Waals surface area contributed by atoms with Crippen LogP contribution in [-0.2, 0) is 0 Å². The van der Waals surface area contributed by atoms with E-state index in [1.165, 1.54) is 6.21 Å². The van der Waals surface area contributed by atoms with E-state index in [-0.39, 0.29) is 0 Å². The first kappa shape index (κ1) is 8.31. The molecule has 1 heterocycles. The molecule has 1 N–H and O–H groups in total. The van der Waals surface area contributed by atoms with Gasteiger partial charge in [-0.1, -0.05) is 21.1 Å². The molecule has 0 aliphatic carbocycles. The Morgan fingerprint density at radius 1 is 1.38 bits per heavy atom. The van der Waals surface area contributed by atoms with Gasteiger partial charge >= 0.3 is 0 Å². The molecule has 0 saturated carbocycles. The van der Waals surface area contributed by atoms with Crippen LogP contribution in [0.4, 0.5) is 0 Å². The highest BCUT2D eigenvalue weighted by atomic mass is 79.9. The number of oxime groups is 1. The molecule has 0 aliphatic rings. The van der Waals surface area contributed by atoms with E-state index in [1.807, 2.05) is 18.2 Å². The molecule has 0 spiro atoms. The first-order chi connectivity index (χ1) is 6.29. The van der Waals surface area contributed by atoms with Crippen molar-refractivity contribution in [3.63, 3.8) is 0 Å². The predicted octanol–water partition coefficient (Wildman–Crippen LogP) is 3.00. The summed E-state index contributed by atoms with van der Waals surface area (Å²) in [5.74, 6) is 0.538. The van der Waals surface area contributed by atoms with Crippen LogP contribution in [0, 0.1) is 0 Å². The second-order valence-electron chi connectivity index (χ2n) is 2.58. The van der Waals surface area contributed by atoms with E-state index in [4.69, 9.17) is 9.62 Å². The van der Waals surface area contributed by atoms with Crippen LogP contribution >= 0.6 is 15.9 Å². The third-order valence-corrected chi connectivity index (χ3v) is 2.18. The number of hydrogen-bond donors (Lipinski definition) is 1. The second kappa shape index (κ2) is 3.22. The average molecular weight is 240 g/mol. The standard InChI is InChI=1S/C9H6BrNO2/c10-7-1-2-9-6(3-7)4-8(13-9)5-11-12/h1-5,12H/b11-5+. The van der Waals surface area contributed by atoms with Gasteiger partial charge in [0.05, 0.1) is 0 Å². The zero-order chi connectivity index (χ0) is 9.26. The topological polar surface area (TPSA) is 45.7 Å². The van der Waals surface area contributed by atoms with Crippen molar-refractivity contribution in [2.24, 2.45) is 5.16 Å². The van der Waals surface area contributed by atoms with Crippen molar-refractivity contribution in [3.8, 4) is 0 Å². The summed E-state index contributed by atoms with van der Waals surface area (Å²) in [7, 11) is 0. The van der Waals surface area contributed by atoms with E-state index >= 15 is 0 Å². The summed E-state index contributed by atoms with van der Waals surface area (Å²) in [5.41, 5.74) is 0.776. The Balaban J connectivity index is 2.62. The molecule has 13 heavy (non-hydrogen) atoms. The largest absolute Gasteiger partial charge is 0.455 e. The van der Waals surface area contributed by atoms with Crippen LogP contribution in [0.3, 0.4) is 0 Å². The summed E-state index contributed by atoms with van der Waals surface area (Å²) in [6.45, 7) is 0. The summed E-state index contributed by atoms with van der Waals surface area (Å²) < 4.78 is 6.33. The fourth-order valence-electron chi connectivity index (χ4n) is 1.16. The molecule has 0 unspecified atom stereocenters. The zero-order valence-corrected chi connectivity index (χ0v) is 8.15. The lowest BCUT2D eigenvalue weighted by Gasteiger charge is -1.87. The lowest BCUT2D eigenvalue weighted by molar-refractivity contribution is 0.321. The molecular formula is C9H6BrNO2. The Hall–Kier alpha value is -1.29. The molecule has 0 aliphatic heterocycles. The van der Waals surface area contributed by atoms with Gasteiger partial charge in [-0.05, 0) is 24.3 Å². The highest BCUT2D eigenvalue weighted by Crippen LogP contribution is 2.22. The number of nitrogens with zero attached hydrogens (tertiary/aromatic N) is 1. The van der Waals surface area contributed by atoms with Crippen molar-refractivity contribution in [2.75, 3.05) is 0 Å². The van der Waals surface area contributed by atoms with Gasteiger partial charge in [-0.25, -0.2) is 0 Å². The maximum absolute atomic E-state index is 8.30. The molecule has 0 bridgehead atoms. The minimum absolute atomic E-state index is 0.538. The second-order valence-corrected chi connectivity index (χ2v) is 3.49. The maximum Gasteiger partial charge on any atom is 0.149 e. The summed E-state index contributed by atoms with van der Waals surface area (Å²) in [4.78, 5) is 0. The molecule has 2 aromatic rings. The smallest absolute Gasteiger partial charge is 0.149 e. The molecule has 0 radical (unpaired) electrons. The van der Waals surface area contributed by atoms with Crippen molar-refractivity contribution in [2.45, 2.75) is 0 Å². The summed E-state index contributed by atoms with van der Waals surface area (Å²) in [6.07, 6.45) is 1.26. The number of halogens is 1. The maximum atomic E-state index is 8.30. The van der Waals surface area contributed by atoms with Crippen LogP contribution in [0.2, 0.25) is 0 Å². The first-order valence-electron chi connectivity index (χ1n) is 3.66. The van der Waals surface area contributed by atoms with Gasteiger partial charge in [0.2, 0.25) is 0 Å². The lowest BCUT2D eigenvalue weighted by Crippen LogP contribution is -1.70. The third-order valence-electron chi connectivity index (χ3n) is 1.68. The highest BCUT2D eigenvalue weighted by Gasteiger charge is 2.01. The van der Waals surface area contributed by atoms with Gasteiger partial charge in [-0.2, -0.15) is 0 Å². The minimum Gasteiger partial charge on any atom is -0.455 e. The number of furan rings is 1. The van der Waals surface area contributed by atoms with Gasteiger partial charge in [-0.15, -0.1) is 0 Å². The molecule has 4 heteroatoms. The van der Waals surface area contributed by atoms with Crippen molar-refractivity contribution in [1.82, 2.24) is 0 Å². The van der Waals surface area contributed by atoms with Crippen LogP contribution in [-0.4, -0.2) is 11.4 Å². The van der Waals surface area contributed by atoms with Crippen LogP contribution in [0.1, 0.15) is 5.76 Å². The fourth-order valence-corrected chi connectivity index (χ4v) is 1.53. The number of benzene rings is 1. The van der Waals surface area contributed by atoms with Crippen molar-refractivity contribution < 1.29 is 9.62 Å². The molecule has 0 fully saturated rings. The van der Waals surface area contributed by atoms with Gasteiger partial charge in [-0.3, -0.25) is 0 Å². The number of fused-ring (bicyclic) bond motifs is 1. The Bertz CT molecular complexity index is 462. The van der Waals surface area contributed by atoms with Gasteiger partial charge in [0.1, 0.15) is 17.6 Å². The van der Waals surface area contributed by atoms with Crippen molar-refractivity contribution in [1.29, 1.82) is 0 Å². The molecule has 1 aromatic heterocycles. The minimum atomic E-state index is 0.538. The Morgan fingerprint density at radius 3 is 3.00 bits per heavy atom. The lowest BCUT2D eigenvalue weighted by atomic mass is 10.2. The van der Waals surface area contributed by atoms with E-state index in [9.17, 15) is 0 Å². The third kappa shape index (κ3) is 1.58. The predicted molar refractivity (Wildman–Crippen MR) is 53.3 cm³/mol. The van der Waals surface area contributed by atoms with Gasteiger partial charge in [0.25, 0.3) is 0 Å². The summed E-state index contributed by atoms with van der Waals surface area (Å²) in [6, 6.07) is 7.49. The Labute approximate surface area is 82.8 Å². The Kier molecular flexibility index (Phi) is 2.06. The average Bonchev–Trinajstić information content (AvgIpc) is 2.46. The molecule has 0 amide bonds. The molecule has 0 atom stereocenters. The molecule has 2 rings (SSSR count). The SMILES string of the molecule is O/N=C/c1cc2cc(Br)ccc2o1. The quantitative estimate of drug-likeness (QED) is 0.473. The molecule has 0 saturated heterocycles. The van der Waals surface area contributed by atoms with E-state index in [0.717, 1.165) is 15.4 Å². The van der Waals surface area contributed by atoms with Crippen LogP contribution in [0.15, 0.2) is 38.3 Å². The van der Waals surface area contributed by atoms with E-state index in [2.05, 4.69) is 21.1 Å². The van der Waals surface area contributed by atoms with Crippen LogP contribution in [0.5, 0.6) is 0 Å². The first-order valence-corrected chi connectivity index (χ1v) is 4.45. The van der Waals surface area contributed by atoms with Gasteiger partial charge in [0.15, 0.2) is 0 Å². The van der Waals surface area contributed by atoms with Crippen molar-refractivity contribution in [3.05, 3.63) is 34.5 Å². The highest BCUT2D eigenvalue weighted by molar-refractivity contribution is 9.10. The monoisotopic (exact) mass is 239 g/mol. The Morgan fingerprint density at radius 2 is 2.23 bits per heavy atom. The van der Waals surface area contributed by atoms with E-state index in [1.54, 1.807) is 6.07 Å². The van der Waals surface area contributed by atoms with E-state index in [0.29, 0.717) is 5.76 Å².